The third-order valence-electron chi connectivity index (χ3n) is 6.44. The summed E-state index contributed by atoms with van der Waals surface area (Å²) in [6, 6.07) is 14.1. The Labute approximate surface area is 211 Å². The molecule has 0 spiro atoms. The van der Waals surface area contributed by atoms with Crippen molar-refractivity contribution >= 4 is 28.4 Å². The lowest BCUT2D eigenvalue weighted by Gasteiger charge is -2.32. The lowest BCUT2D eigenvalue weighted by Crippen LogP contribution is -2.42. The van der Waals surface area contributed by atoms with Gasteiger partial charge in [-0.25, -0.2) is 9.78 Å². The number of fused-ring (bicyclic) bond motifs is 1. The molecule has 11 nitrogen and oxygen atoms in total. The van der Waals surface area contributed by atoms with Crippen molar-refractivity contribution in [2.75, 3.05) is 18.8 Å². The third kappa shape index (κ3) is 4.42. The minimum absolute atomic E-state index is 0.0281. The Hall–Kier alpha value is -4.93. The first-order chi connectivity index (χ1) is 17.9. The Bertz CT molecular complexity index is 1560. The van der Waals surface area contributed by atoms with E-state index in [9.17, 15) is 19.7 Å². The van der Waals surface area contributed by atoms with Gasteiger partial charge in [-0.1, -0.05) is 6.58 Å². The molecule has 0 unspecified atom stereocenters. The number of hydrogen-bond acceptors (Lipinski definition) is 7. The summed E-state index contributed by atoms with van der Waals surface area (Å²) in [6.07, 6.45) is 4.36. The van der Waals surface area contributed by atoms with E-state index in [1.807, 2.05) is 0 Å². The number of pyridine rings is 1. The zero-order valence-corrected chi connectivity index (χ0v) is 19.8. The van der Waals surface area contributed by atoms with Crippen LogP contribution >= 0.6 is 0 Å². The number of aromatic nitrogens is 3. The summed E-state index contributed by atoms with van der Waals surface area (Å²) in [7, 11) is 0. The predicted octanol–water partition coefficient (Wildman–Crippen LogP) is 3.82. The lowest BCUT2D eigenvalue weighted by molar-refractivity contribution is -0.384. The average molecular weight is 501 g/mol. The minimum Gasteiger partial charge on any atom is -0.457 e. The van der Waals surface area contributed by atoms with Gasteiger partial charge in [-0.2, -0.15) is 0 Å². The van der Waals surface area contributed by atoms with Crippen LogP contribution in [0.25, 0.3) is 16.7 Å². The smallest absolute Gasteiger partial charge is 0.334 e. The number of amides is 1. The zero-order valence-electron chi connectivity index (χ0n) is 19.8. The summed E-state index contributed by atoms with van der Waals surface area (Å²) < 4.78 is 9.00. The standard InChI is InChI=1S/C26H24N6O5/c1-2-23(33)29-15-3-4-19(16-29)30-22-13-14-28-25(27)24(22)31(26(30)34)17-5-9-20(10-6-17)37-21-11-7-18(8-12-21)32(35)36/h2,5-14,19H,1,3-4,15-16H2,(H2,27,28)/t19-/m1/s1. The molecule has 1 saturated heterocycles. The van der Waals surface area contributed by atoms with Crippen LogP contribution in [0, 0.1) is 10.1 Å². The molecule has 1 atom stereocenters. The van der Waals surface area contributed by atoms with E-state index in [4.69, 9.17) is 10.5 Å². The Morgan fingerprint density at radius 1 is 1.14 bits per heavy atom. The van der Waals surface area contributed by atoms with Gasteiger partial charge in [0.05, 0.1) is 22.2 Å². The van der Waals surface area contributed by atoms with Crippen molar-refractivity contribution in [3.63, 3.8) is 0 Å². The van der Waals surface area contributed by atoms with E-state index in [0.717, 1.165) is 12.8 Å². The number of imidazole rings is 1. The second-order valence-electron chi connectivity index (χ2n) is 8.68. The minimum atomic E-state index is -0.477. The molecule has 37 heavy (non-hydrogen) atoms. The maximum atomic E-state index is 13.8. The van der Waals surface area contributed by atoms with Crippen molar-refractivity contribution < 1.29 is 14.5 Å². The molecular weight excluding hydrogens is 476 g/mol. The SMILES string of the molecule is C=CC(=O)N1CCC[C@@H](n2c(=O)n(-c3ccc(Oc4ccc([N+](=O)[O-])cc4)cc3)c3c(N)nccc32)C1. The number of nitro benzene ring substituents is 1. The van der Waals surface area contributed by atoms with Gasteiger partial charge in [0, 0.05) is 31.4 Å². The van der Waals surface area contributed by atoms with E-state index in [0.29, 0.717) is 41.3 Å². The number of nitrogens with two attached hydrogens (primary N) is 1. The Kier molecular flexibility index (Phi) is 6.18. The first-order valence-corrected chi connectivity index (χ1v) is 11.7. The van der Waals surface area contributed by atoms with E-state index in [1.54, 1.807) is 46.0 Å². The van der Waals surface area contributed by atoms with Gasteiger partial charge in [0.25, 0.3) is 5.69 Å². The second-order valence-corrected chi connectivity index (χ2v) is 8.68. The highest BCUT2D eigenvalue weighted by molar-refractivity contribution is 5.88. The maximum absolute atomic E-state index is 13.8. The summed E-state index contributed by atoms with van der Waals surface area (Å²) in [4.78, 5) is 42.3. The highest BCUT2D eigenvalue weighted by Gasteiger charge is 2.28. The summed E-state index contributed by atoms with van der Waals surface area (Å²) in [5.74, 6) is 0.989. The molecule has 1 aliphatic rings. The molecule has 1 fully saturated rings. The van der Waals surface area contributed by atoms with Gasteiger partial charge in [0.15, 0.2) is 0 Å². The highest BCUT2D eigenvalue weighted by atomic mass is 16.6. The largest absolute Gasteiger partial charge is 0.457 e. The molecule has 1 aliphatic heterocycles. The van der Waals surface area contributed by atoms with Gasteiger partial charge in [-0.15, -0.1) is 0 Å². The monoisotopic (exact) mass is 500 g/mol. The molecule has 0 bridgehead atoms. The normalized spacial score (nSPS) is 15.5. The summed E-state index contributed by atoms with van der Waals surface area (Å²) >= 11 is 0. The first kappa shape index (κ1) is 23.8. The van der Waals surface area contributed by atoms with Gasteiger partial charge < -0.3 is 15.4 Å². The van der Waals surface area contributed by atoms with Crippen LogP contribution in [0.5, 0.6) is 11.5 Å². The Morgan fingerprint density at radius 3 is 2.46 bits per heavy atom. The van der Waals surface area contributed by atoms with Crippen molar-refractivity contribution in [3.05, 3.63) is 94.0 Å². The van der Waals surface area contributed by atoms with E-state index >= 15 is 0 Å². The molecule has 3 heterocycles. The third-order valence-corrected chi connectivity index (χ3v) is 6.44. The fraction of sp³-hybridized carbons (Fsp3) is 0.192. The molecule has 188 valence electrons. The fourth-order valence-electron chi connectivity index (χ4n) is 4.71. The van der Waals surface area contributed by atoms with Crippen LogP contribution in [0.1, 0.15) is 18.9 Å². The maximum Gasteiger partial charge on any atom is 0.334 e. The summed E-state index contributed by atoms with van der Waals surface area (Å²) in [6.45, 7) is 4.59. The van der Waals surface area contributed by atoms with E-state index in [2.05, 4.69) is 11.6 Å². The summed E-state index contributed by atoms with van der Waals surface area (Å²) in [5, 5.41) is 10.9. The summed E-state index contributed by atoms with van der Waals surface area (Å²) in [5.41, 5.74) is 7.62. The number of likely N-dealkylation sites (tertiary alicyclic amines) is 1. The number of piperidine rings is 1. The van der Waals surface area contributed by atoms with Crippen molar-refractivity contribution in [2.24, 2.45) is 0 Å². The molecule has 5 rings (SSSR count). The molecular formula is C26H24N6O5. The lowest BCUT2D eigenvalue weighted by atomic mass is 10.1. The molecule has 1 amide bonds. The quantitative estimate of drug-likeness (QED) is 0.241. The Morgan fingerprint density at radius 2 is 1.81 bits per heavy atom. The number of nitrogens with zero attached hydrogens (tertiary/aromatic N) is 5. The molecule has 2 aromatic carbocycles. The number of carbonyl (C=O) groups is 1. The number of rotatable bonds is 6. The van der Waals surface area contributed by atoms with Crippen LogP contribution in [0.15, 0.2) is 78.2 Å². The molecule has 4 aromatic rings. The van der Waals surface area contributed by atoms with E-state index < -0.39 is 4.92 Å². The van der Waals surface area contributed by atoms with Crippen molar-refractivity contribution in [1.29, 1.82) is 0 Å². The van der Waals surface area contributed by atoms with Crippen molar-refractivity contribution in [1.82, 2.24) is 19.0 Å². The second kappa shape index (κ2) is 9.61. The molecule has 0 saturated carbocycles. The topological polar surface area (TPSA) is 139 Å². The van der Waals surface area contributed by atoms with Crippen molar-refractivity contribution in [2.45, 2.75) is 18.9 Å². The number of nitro groups is 1. The van der Waals surface area contributed by atoms with E-state index in [-0.39, 0.29) is 29.1 Å². The van der Waals surface area contributed by atoms with Crippen LogP contribution in [-0.2, 0) is 4.79 Å². The Balaban J connectivity index is 1.50. The number of ether oxygens (including phenoxy) is 1. The first-order valence-electron chi connectivity index (χ1n) is 11.7. The number of benzene rings is 2. The number of hydrogen-bond donors (Lipinski definition) is 1. The van der Waals surface area contributed by atoms with Crippen molar-refractivity contribution in [3.8, 4) is 17.2 Å². The van der Waals surface area contributed by atoms with Gasteiger partial charge in [0.2, 0.25) is 5.91 Å². The van der Waals surface area contributed by atoms with E-state index in [1.165, 1.54) is 34.9 Å². The average Bonchev–Trinajstić information content (AvgIpc) is 3.22. The van der Waals surface area contributed by atoms with Crippen LogP contribution in [-0.4, -0.2) is 42.9 Å². The zero-order chi connectivity index (χ0) is 26.1. The van der Waals surface area contributed by atoms with Crippen LogP contribution < -0.4 is 16.2 Å². The van der Waals surface area contributed by atoms with Gasteiger partial charge in [0.1, 0.15) is 22.8 Å². The number of nitrogen functional groups attached to an aromatic ring is 1. The number of non-ortho nitro benzene ring substituents is 1. The number of anilines is 1. The van der Waals surface area contributed by atoms with Gasteiger partial charge in [-0.05, 0) is 61.4 Å². The molecule has 2 aromatic heterocycles. The van der Waals surface area contributed by atoms with Gasteiger partial charge in [-0.3, -0.25) is 24.0 Å². The molecule has 11 heteroatoms. The molecule has 2 N–H and O–H groups in total. The number of carbonyl (C=O) groups excluding carboxylic acids is 1. The van der Waals surface area contributed by atoms with Gasteiger partial charge >= 0.3 is 5.69 Å². The molecule has 0 radical (unpaired) electrons. The highest BCUT2D eigenvalue weighted by Crippen LogP contribution is 2.30. The fourth-order valence-corrected chi connectivity index (χ4v) is 4.71. The molecule has 0 aliphatic carbocycles. The van der Waals surface area contributed by atoms with Crippen LogP contribution in [0.4, 0.5) is 11.5 Å². The predicted molar refractivity (Wildman–Crippen MR) is 138 cm³/mol. The van der Waals surface area contributed by atoms with Crippen LogP contribution in [0.2, 0.25) is 0 Å². The van der Waals surface area contributed by atoms with Crippen LogP contribution in [0.3, 0.4) is 0 Å².